The van der Waals surface area contributed by atoms with E-state index in [2.05, 4.69) is 23.5 Å². The van der Waals surface area contributed by atoms with E-state index < -0.39 is 10.0 Å². The average molecular weight is 299 g/mol. The first-order chi connectivity index (χ1) is 9.53. The predicted molar refractivity (Wildman–Crippen MR) is 82.2 cm³/mol. The molecule has 0 aliphatic heterocycles. The number of hydrogen-bond donors (Lipinski definition) is 2. The van der Waals surface area contributed by atoms with Crippen LogP contribution in [-0.4, -0.2) is 46.0 Å². The zero-order valence-electron chi connectivity index (χ0n) is 12.3. The first kappa shape index (κ1) is 17.1. The van der Waals surface area contributed by atoms with Crippen molar-refractivity contribution in [2.45, 2.75) is 25.2 Å². The Kier molecular flexibility index (Phi) is 7.15. The summed E-state index contributed by atoms with van der Waals surface area (Å²) in [5.41, 5.74) is 6.52. The van der Waals surface area contributed by atoms with Crippen molar-refractivity contribution in [2.24, 2.45) is 5.73 Å². The van der Waals surface area contributed by atoms with Crippen molar-refractivity contribution < 1.29 is 8.42 Å². The van der Waals surface area contributed by atoms with Crippen LogP contribution in [0, 0.1) is 0 Å². The Morgan fingerprint density at radius 3 is 2.25 bits per heavy atom. The van der Waals surface area contributed by atoms with Crippen molar-refractivity contribution in [1.82, 2.24) is 9.62 Å². The highest BCUT2D eigenvalue weighted by Crippen LogP contribution is 2.10. The summed E-state index contributed by atoms with van der Waals surface area (Å²) in [4.78, 5) is 2.48. The van der Waals surface area contributed by atoms with Gasteiger partial charge in [-0.2, -0.15) is 0 Å². The molecule has 0 heterocycles. The molecule has 0 bridgehead atoms. The van der Waals surface area contributed by atoms with Crippen molar-refractivity contribution in [1.29, 1.82) is 0 Å². The Morgan fingerprint density at radius 2 is 1.75 bits per heavy atom. The monoisotopic (exact) mass is 299 g/mol. The minimum absolute atomic E-state index is 0.304. The molecule has 1 aromatic carbocycles. The van der Waals surface area contributed by atoms with E-state index >= 15 is 0 Å². The maximum absolute atomic E-state index is 12.1. The molecule has 114 valence electrons. The van der Waals surface area contributed by atoms with Gasteiger partial charge in [0.2, 0.25) is 10.0 Å². The van der Waals surface area contributed by atoms with Gasteiger partial charge in [0.1, 0.15) is 0 Å². The van der Waals surface area contributed by atoms with Crippen LogP contribution < -0.4 is 10.5 Å². The molecule has 1 rings (SSSR count). The van der Waals surface area contributed by atoms with E-state index in [0.29, 0.717) is 18.0 Å². The summed E-state index contributed by atoms with van der Waals surface area (Å²) in [6.07, 6.45) is 0.760. The molecular weight excluding hydrogens is 274 g/mol. The topological polar surface area (TPSA) is 75.4 Å². The Morgan fingerprint density at radius 1 is 1.15 bits per heavy atom. The van der Waals surface area contributed by atoms with Crippen LogP contribution in [0.4, 0.5) is 0 Å². The molecule has 0 atom stereocenters. The Balaban J connectivity index is 2.59. The molecule has 0 aromatic heterocycles. The third kappa shape index (κ3) is 5.20. The van der Waals surface area contributed by atoms with E-state index in [1.165, 1.54) is 0 Å². The molecule has 0 fully saturated rings. The Labute approximate surface area is 122 Å². The molecule has 0 amide bonds. The predicted octanol–water partition coefficient (Wildman–Crippen LogP) is 0.808. The molecule has 0 spiro atoms. The lowest BCUT2D eigenvalue weighted by atomic mass is 10.2. The lowest BCUT2D eigenvalue weighted by molar-refractivity contribution is 0.309. The van der Waals surface area contributed by atoms with Gasteiger partial charge < -0.3 is 10.6 Å². The van der Waals surface area contributed by atoms with E-state index in [4.69, 9.17) is 5.73 Å². The van der Waals surface area contributed by atoms with E-state index in [-0.39, 0.29) is 0 Å². The third-order valence-electron chi connectivity index (χ3n) is 3.28. The summed E-state index contributed by atoms with van der Waals surface area (Å²) in [7, 11) is -3.41. The van der Waals surface area contributed by atoms with Gasteiger partial charge in [-0.25, -0.2) is 13.1 Å². The first-order valence-electron chi connectivity index (χ1n) is 7.04. The molecule has 1 aromatic rings. The van der Waals surface area contributed by atoms with Gasteiger partial charge in [0.25, 0.3) is 0 Å². The van der Waals surface area contributed by atoms with Crippen LogP contribution in [0.5, 0.6) is 0 Å². The van der Waals surface area contributed by atoms with Gasteiger partial charge in [-0.05, 0) is 43.8 Å². The summed E-state index contributed by atoms with van der Waals surface area (Å²) < 4.78 is 26.8. The minimum atomic E-state index is -3.41. The average Bonchev–Trinajstić information content (AvgIpc) is 2.44. The molecule has 3 N–H and O–H groups in total. The van der Waals surface area contributed by atoms with E-state index in [9.17, 15) is 8.42 Å². The van der Waals surface area contributed by atoms with Crippen LogP contribution in [0.2, 0.25) is 0 Å². The summed E-state index contributed by atoms with van der Waals surface area (Å²) in [5.74, 6) is 0. The summed E-state index contributed by atoms with van der Waals surface area (Å²) in [6.45, 7) is 7.68. The fourth-order valence-corrected chi connectivity index (χ4v) is 2.98. The van der Waals surface area contributed by atoms with Crippen LogP contribution in [0.25, 0.3) is 0 Å². The van der Waals surface area contributed by atoms with Gasteiger partial charge in [-0.3, -0.25) is 0 Å². The molecule has 5 nitrogen and oxygen atoms in total. The second kappa shape index (κ2) is 8.36. The molecule has 0 saturated heterocycles. The summed E-state index contributed by atoms with van der Waals surface area (Å²) >= 11 is 0. The molecule has 20 heavy (non-hydrogen) atoms. The number of rotatable bonds is 9. The highest BCUT2D eigenvalue weighted by atomic mass is 32.2. The number of sulfonamides is 1. The van der Waals surface area contributed by atoms with Gasteiger partial charge in [-0.1, -0.05) is 26.0 Å². The van der Waals surface area contributed by atoms with Crippen molar-refractivity contribution in [3.8, 4) is 0 Å². The van der Waals surface area contributed by atoms with Crippen LogP contribution in [0.15, 0.2) is 29.2 Å². The highest BCUT2D eigenvalue weighted by molar-refractivity contribution is 7.89. The zero-order chi connectivity index (χ0) is 15.0. The minimum Gasteiger partial charge on any atom is -0.330 e. The second-order valence-electron chi connectivity index (χ2n) is 4.61. The lowest BCUT2D eigenvalue weighted by Gasteiger charge is -2.18. The normalized spacial score (nSPS) is 12.0. The van der Waals surface area contributed by atoms with Gasteiger partial charge in [0.05, 0.1) is 4.90 Å². The van der Waals surface area contributed by atoms with Gasteiger partial charge >= 0.3 is 0 Å². The number of nitrogens with zero attached hydrogens (tertiary/aromatic N) is 1. The number of nitrogens with one attached hydrogen (secondary N) is 1. The summed E-state index contributed by atoms with van der Waals surface area (Å²) in [6, 6.07) is 6.88. The van der Waals surface area contributed by atoms with E-state index in [1.54, 1.807) is 12.1 Å². The number of benzene rings is 1. The van der Waals surface area contributed by atoms with E-state index in [0.717, 1.165) is 31.6 Å². The number of hydrogen-bond acceptors (Lipinski definition) is 4. The fourth-order valence-electron chi connectivity index (χ4n) is 1.96. The maximum Gasteiger partial charge on any atom is 0.240 e. The van der Waals surface area contributed by atoms with Gasteiger partial charge in [-0.15, -0.1) is 0 Å². The standard InChI is InChI=1S/C14H25N3O2S/c1-3-17(4-2)12-11-16-20(18,19)14-7-5-13(6-8-14)9-10-15/h5-8,16H,3-4,9-12,15H2,1-2H3. The first-order valence-corrected chi connectivity index (χ1v) is 8.52. The molecule has 0 aliphatic carbocycles. The lowest BCUT2D eigenvalue weighted by Crippen LogP contribution is -2.34. The smallest absolute Gasteiger partial charge is 0.240 e. The van der Waals surface area contributed by atoms with Gasteiger partial charge in [0, 0.05) is 13.1 Å². The number of nitrogens with two attached hydrogens (primary N) is 1. The largest absolute Gasteiger partial charge is 0.330 e. The van der Waals surface area contributed by atoms with Crippen LogP contribution in [0.3, 0.4) is 0 Å². The van der Waals surface area contributed by atoms with E-state index in [1.807, 2.05) is 12.1 Å². The molecular formula is C14H25N3O2S. The molecule has 0 saturated carbocycles. The van der Waals surface area contributed by atoms with Crippen LogP contribution in [0.1, 0.15) is 19.4 Å². The van der Waals surface area contributed by atoms with Crippen molar-refractivity contribution in [3.05, 3.63) is 29.8 Å². The Bertz CT molecular complexity index is 482. The number of likely N-dealkylation sites (N-methyl/N-ethyl adjacent to an activating group) is 1. The maximum atomic E-state index is 12.1. The second-order valence-corrected chi connectivity index (χ2v) is 6.37. The van der Waals surface area contributed by atoms with Crippen LogP contribution in [-0.2, 0) is 16.4 Å². The molecule has 0 aliphatic rings. The third-order valence-corrected chi connectivity index (χ3v) is 4.76. The SMILES string of the molecule is CCN(CC)CCNS(=O)(=O)c1ccc(CCN)cc1. The summed E-state index contributed by atoms with van der Waals surface area (Å²) in [5, 5.41) is 0. The molecule has 6 heteroatoms. The van der Waals surface area contributed by atoms with Gasteiger partial charge in [0.15, 0.2) is 0 Å². The quantitative estimate of drug-likeness (QED) is 0.707. The fraction of sp³-hybridized carbons (Fsp3) is 0.571. The van der Waals surface area contributed by atoms with Crippen molar-refractivity contribution in [3.63, 3.8) is 0 Å². The molecule has 0 unspecified atom stereocenters. The van der Waals surface area contributed by atoms with Crippen molar-refractivity contribution >= 4 is 10.0 Å². The van der Waals surface area contributed by atoms with Crippen LogP contribution >= 0.6 is 0 Å². The van der Waals surface area contributed by atoms with Crippen molar-refractivity contribution in [2.75, 3.05) is 32.7 Å². The molecule has 0 radical (unpaired) electrons. The highest BCUT2D eigenvalue weighted by Gasteiger charge is 2.13. The Hall–Kier alpha value is -0.950. The zero-order valence-corrected chi connectivity index (χ0v) is 13.1.